The number of hydrogen-bond donors (Lipinski definition) is 2. The predicted molar refractivity (Wildman–Crippen MR) is 122 cm³/mol. The first kappa shape index (κ1) is 21.1. The van der Waals surface area contributed by atoms with Gasteiger partial charge in [0, 0.05) is 17.6 Å². The summed E-state index contributed by atoms with van der Waals surface area (Å²) in [6, 6.07) is 17.0. The van der Waals surface area contributed by atoms with Crippen molar-refractivity contribution in [2.45, 2.75) is 43.8 Å². The molecule has 0 saturated heterocycles. The van der Waals surface area contributed by atoms with Gasteiger partial charge in [-0.2, -0.15) is 0 Å². The second kappa shape index (κ2) is 9.34. The first-order valence-electron chi connectivity index (χ1n) is 10.4. The third-order valence-corrected chi connectivity index (χ3v) is 5.74. The van der Waals surface area contributed by atoms with Gasteiger partial charge in [-0.05, 0) is 51.0 Å². The second-order valence-electron chi connectivity index (χ2n) is 7.80. The third kappa shape index (κ3) is 5.14. The molecule has 0 unspecified atom stereocenters. The lowest BCUT2D eigenvalue weighted by molar-refractivity contribution is -0.113. The summed E-state index contributed by atoms with van der Waals surface area (Å²) in [6.07, 6.45) is 2.23. The summed E-state index contributed by atoms with van der Waals surface area (Å²) < 4.78 is 2.04. The summed E-state index contributed by atoms with van der Waals surface area (Å²) in [4.78, 5) is 25.1. The van der Waals surface area contributed by atoms with Crippen LogP contribution in [0.5, 0.6) is 0 Å². The van der Waals surface area contributed by atoms with Gasteiger partial charge < -0.3 is 10.6 Å². The van der Waals surface area contributed by atoms with Crippen molar-refractivity contribution in [3.8, 4) is 5.69 Å². The van der Waals surface area contributed by atoms with Crippen LogP contribution in [-0.2, 0) is 4.79 Å². The molecule has 1 fully saturated rings. The molecule has 0 aliphatic heterocycles. The number of amides is 2. The zero-order valence-electron chi connectivity index (χ0n) is 17.5. The lowest BCUT2D eigenvalue weighted by Crippen LogP contribution is -2.31. The number of nitrogens with one attached hydrogen (secondary N) is 2. The Balaban J connectivity index is 1.47. The van der Waals surface area contributed by atoms with Gasteiger partial charge in [-0.3, -0.25) is 14.2 Å². The zero-order valence-corrected chi connectivity index (χ0v) is 18.4. The Morgan fingerprint density at radius 2 is 1.77 bits per heavy atom. The van der Waals surface area contributed by atoms with Gasteiger partial charge in [0.15, 0.2) is 5.16 Å². The molecule has 1 saturated carbocycles. The van der Waals surface area contributed by atoms with E-state index in [9.17, 15) is 9.59 Å². The molecule has 0 spiro atoms. The number of nitrogens with zero attached hydrogens (tertiary/aromatic N) is 3. The maximum atomic E-state index is 12.7. The number of benzene rings is 2. The Morgan fingerprint density at radius 3 is 2.48 bits per heavy atom. The van der Waals surface area contributed by atoms with E-state index in [0.717, 1.165) is 24.4 Å². The van der Waals surface area contributed by atoms with Gasteiger partial charge in [0.2, 0.25) is 5.91 Å². The first-order valence-corrected chi connectivity index (χ1v) is 11.3. The van der Waals surface area contributed by atoms with E-state index in [-0.39, 0.29) is 23.6 Å². The van der Waals surface area contributed by atoms with E-state index < -0.39 is 0 Å². The highest BCUT2D eigenvalue weighted by Gasteiger charge is 2.31. The van der Waals surface area contributed by atoms with E-state index in [4.69, 9.17) is 0 Å². The van der Waals surface area contributed by atoms with Crippen LogP contribution in [-0.4, -0.2) is 38.4 Å². The van der Waals surface area contributed by atoms with Crippen molar-refractivity contribution in [1.29, 1.82) is 0 Å². The molecule has 1 aliphatic rings. The van der Waals surface area contributed by atoms with Crippen molar-refractivity contribution in [3.05, 3.63) is 66.0 Å². The lowest BCUT2D eigenvalue weighted by Gasteiger charge is -2.13. The molecule has 7 nitrogen and oxygen atoms in total. The van der Waals surface area contributed by atoms with Crippen LogP contribution in [0.25, 0.3) is 5.69 Å². The van der Waals surface area contributed by atoms with E-state index >= 15 is 0 Å². The van der Waals surface area contributed by atoms with Gasteiger partial charge in [0.1, 0.15) is 5.82 Å². The molecule has 0 bridgehead atoms. The van der Waals surface area contributed by atoms with Crippen LogP contribution in [0.3, 0.4) is 0 Å². The minimum absolute atomic E-state index is 0.0109. The van der Waals surface area contributed by atoms with Crippen molar-refractivity contribution < 1.29 is 9.59 Å². The quantitative estimate of drug-likeness (QED) is 0.522. The molecule has 160 valence electrons. The number of carbonyl (C=O) groups excluding carboxylic acids is 2. The molecule has 2 aromatic carbocycles. The Bertz CT molecular complexity index is 1080. The molecule has 31 heavy (non-hydrogen) atoms. The highest BCUT2D eigenvalue weighted by atomic mass is 32.2. The molecule has 0 radical (unpaired) electrons. The Labute approximate surface area is 185 Å². The van der Waals surface area contributed by atoms with Gasteiger partial charge in [0.05, 0.1) is 17.0 Å². The molecule has 0 atom stereocenters. The van der Waals surface area contributed by atoms with Crippen molar-refractivity contribution in [1.82, 2.24) is 20.1 Å². The van der Waals surface area contributed by atoms with Gasteiger partial charge in [0.25, 0.3) is 5.91 Å². The van der Waals surface area contributed by atoms with Crippen LogP contribution in [0.15, 0.2) is 59.8 Å². The summed E-state index contributed by atoms with van der Waals surface area (Å²) in [5.74, 6) is 1.13. The molecule has 3 aromatic rings. The highest BCUT2D eigenvalue weighted by molar-refractivity contribution is 7.99. The Hall–Kier alpha value is -3.13. The van der Waals surface area contributed by atoms with E-state index in [1.165, 1.54) is 11.8 Å². The molecule has 8 heteroatoms. The fourth-order valence-corrected chi connectivity index (χ4v) is 4.01. The van der Waals surface area contributed by atoms with Crippen LogP contribution in [0.4, 0.5) is 5.69 Å². The minimum Gasteiger partial charge on any atom is -0.350 e. The number of hydrogen-bond acceptors (Lipinski definition) is 5. The Kier molecular flexibility index (Phi) is 6.36. The number of carbonyl (C=O) groups is 2. The number of para-hydroxylation sites is 2. The molecular weight excluding hydrogens is 410 g/mol. The van der Waals surface area contributed by atoms with Crippen LogP contribution in [0.2, 0.25) is 0 Å². The summed E-state index contributed by atoms with van der Waals surface area (Å²) in [5.41, 5.74) is 1.93. The summed E-state index contributed by atoms with van der Waals surface area (Å²) in [7, 11) is 0. The number of aromatic nitrogens is 3. The molecule has 2 N–H and O–H groups in total. The van der Waals surface area contributed by atoms with E-state index in [0.29, 0.717) is 22.3 Å². The predicted octanol–water partition coefficient (Wildman–Crippen LogP) is 4.01. The molecule has 4 rings (SSSR count). The van der Waals surface area contributed by atoms with Crippen LogP contribution in [0, 0.1) is 0 Å². The van der Waals surface area contributed by atoms with Crippen LogP contribution in [0.1, 0.15) is 48.8 Å². The standard InChI is InChI=1S/C23H25N5O2S/c1-15(2)24-22(30)18-10-6-7-11-19(18)25-20(29)14-31-23-27-26-21(16-12-13-16)28(23)17-8-4-3-5-9-17/h3-11,15-16H,12-14H2,1-2H3,(H,24,30)(H,25,29). The van der Waals surface area contributed by atoms with E-state index in [2.05, 4.69) is 20.8 Å². The summed E-state index contributed by atoms with van der Waals surface area (Å²) in [6.45, 7) is 3.79. The molecule has 1 aromatic heterocycles. The lowest BCUT2D eigenvalue weighted by atomic mass is 10.1. The number of thioether (sulfide) groups is 1. The Morgan fingerprint density at radius 1 is 1.06 bits per heavy atom. The van der Waals surface area contributed by atoms with Gasteiger partial charge in [-0.1, -0.05) is 42.1 Å². The topological polar surface area (TPSA) is 88.9 Å². The fourth-order valence-electron chi connectivity index (χ4n) is 3.25. The average Bonchev–Trinajstić information content (AvgIpc) is 3.52. The maximum absolute atomic E-state index is 12.7. The normalized spacial score (nSPS) is 13.3. The average molecular weight is 436 g/mol. The molecule has 1 heterocycles. The maximum Gasteiger partial charge on any atom is 0.253 e. The van der Waals surface area contributed by atoms with Crippen molar-refractivity contribution >= 4 is 29.3 Å². The summed E-state index contributed by atoms with van der Waals surface area (Å²) >= 11 is 1.34. The molecule has 1 aliphatic carbocycles. The minimum atomic E-state index is -0.212. The largest absolute Gasteiger partial charge is 0.350 e. The number of anilines is 1. The molecule has 2 amide bonds. The van der Waals surface area contributed by atoms with Gasteiger partial charge in [-0.15, -0.1) is 10.2 Å². The van der Waals surface area contributed by atoms with E-state index in [1.807, 2.05) is 48.7 Å². The van der Waals surface area contributed by atoms with Crippen LogP contribution >= 0.6 is 11.8 Å². The SMILES string of the molecule is CC(C)NC(=O)c1ccccc1NC(=O)CSc1nnc(C2CC2)n1-c1ccccc1. The monoisotopic (exact) mass is 435 g/mol. The highest BCUT2D eigenvalue weighted by Crippen LogP contribution is 2.41. The smallest absolute Gasteiger partial charge is 0.253 e. The van der Waals surface area contributed by atoms with Crippen molar-refractivity contribution in [2.24, 2.45) is 0 Å². The zero-order chi connectivity index (χ0) is 21.8. The first-order chi connectivity index (χ1) is 15.0. The third-order valence-electron chi connectivity index (χ3n) is 4.81. The second-order valence-corrected chi connectivity index (χ2v) is 8.74. The fraction of sp³-hybridized carbons (Fsp3) is 0.304. The number of rotatable bonds is 8. The van der Waals surface area contributed by atoms with E-state index in [1.54, 1.807) is 24.3 Å². The van der Waals surface area contributed by atoms with Crippen molar-refractivity contribution in [2.75, 3.05) is 11.1 Å². The summed E-state index contributed by atoms with van der Waals surface area (Å²) in [5, 5.41) is 15.1. The van der Waals surface area contributed by atoms with Gasteiger partial charge >= 0.3 is 0 Å². The molecular formula is C23H25N5O2S. The van der Waals surface area contributed by atoms with Gasteiger partial charge in [-0.25, -0.2) is 0 Å². The van der Waals surface area contributed by atoms with Crippen LogP contribution < -0.4 is 10.6 Å². The van der Waals surface area contributed by atoms with Crippen molar-refractivity contribution in [3.63, 3.8) is 0 Å².